The first-order valence-electron chi connectivity index (χ1n) is 9.68. The van der Waals surface area contributed by atoms with E-state index in [2.05, 4.69) is 5.32 Å². The molecular formula is C21H27ClN2NaO4S+. The normalized spacial score (nSPS) is 17.9. The van der Waals surface area contributed by atoms with Crippen molar-refractivity contribution in [2.75, 3.05) is 17.9 Å². The molecule has 4 N–H and O–H groups in total. The topological polar surface area (TPSA) is 93.0 Å². The molecule has 0 radical (unpaired) electrons. The van der Waals surface area contributed by atoms with Crippen molar-refractivity contribution < 1.29 is 48.6 Å². The number of unbranched alkanes of at least 4 members (excludes halogenated alkanes) is 3. The van der Waals surface area contributed by atoms with E-state index in [0.717, 1.165) is 42.6 Å². The molecule has 1 aliphatic heterocycles. The van der Waals surface area contributed by atoms with Gasteiger partial charge in [-0.05, 0) is 48.7 Å². The molecule has 6 nitrogen and oxygen atoms in total. The van der Waals surface area contributed by atoms with Gasteiger partial charge in [-0.3, -0.25) is 18.2 Å². The number of aliphatic carboxylic acids is 1. The fourth-order valence-electron chi connectivity index (χ4n) is 3.68. The second-order valence-electron chi connectivity index (χ2n) is 7.20. The Morgan fingerprint density at radius 3 is 2.53 bits per heavy atom. The molecule has 0 aliphatic carbocycles. The Kier molecular flexibility index (Phi) is 9.52. The monoisotopic (exact) mass is 461 g/mol. The quantitative estimate of drug-likeness (QED) is 0.356. The van der Waals surface area contributed by atoms with E-state index in [1.807, 2.05) is 30.3 Å². The first-order chi connectivity index (χ1) is 13.8. The maximum absolute atomic E-state index is 11.0. The Hall–Kier alpha value is -0.770. The summed E-state index contributed by atoms with van der Waals surface area (Å²) in [4.78, 5) is 11.0. The van der Waals surface area contributed by atoms with Crippen molar-refractivity contribution in [1.29, 1.82) is 0 Å². The summed E-state index contributed by atoms with van der Waals surface area (Å²) in [5.41, 5.74) is 2.54. The number of fused-ring (bicyclic) bond motifs is 2. The van der Waals surface area contributed by atoms with Gasteiger partial charge in [0.05, 0.1) is 16.6 Å². The van der Waals surface area contributed by atoms with Crippen LogP contribution < -0.4 is 39.2 Å². The molecule has 1 unspecified atom stereocenters. The minimum Gasteiger partial charge on any atom is -0.481 e. The van der Waals surface area contributed by atoms with E-state index in [0.29, 0.717) is 16.3 Å². The number of hydrogen-bond acceptors (Lipinski definition) is 5. The molecule has 0 fully saturated rings. The third-order valence-electron chi connectivity index (χ3n) is 5.22. The zero-order valence-electron chi connectivity index (χ0n) is 17.3. The average molecular weight is 462 g/mol. The summed E-state index contributed by atoms with van der Waals surface area (Å²) in [5, 5.41) is 12.7. The van der Waals surface area contributed by atoms with Gasteiger partial charge < -0.3 is 10.4 Å². The molecule has 30 heavy (non-hydrogen) atoms. The summed E-state index contributed by atoms with van der Waals surface area (Å²) < 4.78 is 23.5. The molecule has 158 valence electrons. The Morgan fingerprint density at radius 2 is 1.80 bits per heavy atom. The number of nitrogens with zero attached hydrogens (tertiary/aromatic N) is 1. The molecule has 0 saturated heterocycles. The average Bonchev–Trinajstić information content (AvgIpc) is 2.75. The molecule has 3 rings (SSSR count). The van der Waals surface area contributed by atoms with Crippen LogP contribution >= 0.6 is 22.4 Å². The molecule has 0 aromatic heterocycles. The summed E-state index contributed by atoms with van der Waals surface area (Å²) in [6, 6.07) is 12.8. The third kappa shape index (κ3) is 5.72. The Morgan fingerprint density at radius 1 is 1.10 bits per heavy atom. The van der Waals surface area contributed by atoms with Crippen LogP contribution in [-0.4, -0.2) is 33.8 Å². The van der Waals surface area contributed by atoms with Crippen LogP contribution in [0.3, 0.4) is 0 Å². The molecule has 0 bridgehead atoms. The van der Waals surface area contributed by atoms with Gasteiger partial charge in [-0.2, -0.15) is 0 Å². The molecule has 1 heterocycles. The van der Waals surface area contributed by atoms with E-state index in [1.165, 1.54) is 4.31 Å². The van der Waals surface area contributed by atoms with Crippen LogP contribution in [0.4, 0.5) is 5.69 Å². The fraction of sp³-hybridized carbons (Fsp3) is 0.381. The zero-order valence-corrected chi connectivity index (χ0v) is 20.9. The van der Waals surface area contributed by atoms with E-state index in [1.54, 1.807) is 19.2 Å². The number of benzene rings is 2. The number of anilines is 1. The van der Waals surface area contributed by atoms with Crippen LogP contribution in [-0.2, 0) is 4.79 Å². The van der Waals surface area contributed by atoms with E-state index < -0.39 is 16.7 Å². The van der Waals surface area contributed by atoms with Crippen LogP contribution in [0.15, 0.2) is 47.4 Å². The molecule has 0 saturated carbocycles. The van der Waals surface area contributed by atoms with Crippen molar-refractivity contribution in [2.24, 2.45) is 0 Å². The van der Waals surface area contributed by atoms with Crippen LogP contribution in [0.1, 0.15) is 49.3 Å². The smallest absolute Gasteiger partial charge is 0.481 e. The predicted molar refractivity (Wildman–Crippen MR) is 118 cm³/mol. The Bertz CT molecular complexity index is 884. The van der Waals surface area contributed by atoms with Crippen LogP contribution in [0.2, 0.25) is 5.02 Å². The van der Waals surface area contributed by atoms with Crippen molar-refractivity contribution in [1.82, 2.24) is 5.32 Å². The second kappa shape index (κ2) is 11.2. The minimum atomic E-state index is -3.22. The summed E-state index contributed by atoms with van der Waals surface area (Å²) in [7, 11) is -1.54. The Labute approximate surface area is 206 Å². The molecule has 2 aromatic carbocycles. The van der Waals surface area contributed by atoms with Crippen LogP contribution in [0, 0.1) is 0 Å². The SMILES string of the molecule is CN1c2ccccc2C(NCCCCCCC(=O)O)c2ccc(Cl)cc2S1(O)O.[Na+]. The second-order valence-corrected chi connectivity index (χ2v) is 9.66. The van der Waals surface area contributed by atoms with Gasteiger partial charge in [0.1, 0.15) is 0 Å². The Balaban J connectivity index is 0.00000320. The molecule has 1 aliphatic rings. The number of para-hydroxylation sites is 1. The largest absolute Gasteiger partial charge is 1.00 e. The first-order valence-corrected chi connectivity index (χ1v) is 11.6. The van der Waals surface area contributed by atoms with E-state index in [4.69, 9.17) is 16.7 Å². The summed E-state index contributed by atoms with van der Waals surface area (Å²) in [6.07, 6.45) is 3.63. The molecular weight excluding hydrogens is 435 g/mol. The van der Waals surface area contributed by atoms with Crippen molar-refractivity contribution in [3.05, 3.63) is 58.6 Å². The summed E-state index contributed by atoms with van der Waals surface area (Å²) >= 11 is 6.17. The first kappa shape index (κ1) is 25.5. The van der Waals surface area contributed by atoms with Crippen molar-refractivity contribution in [3.8, 4) is 0 Å². The molecule has 2 aromatic rings. The van der Waals surface area contributed by atoms with Gasteiger partial charge in [0, 0.05) is 18.5 Å². The van der Waals surface area contributed by atoms with E-state index in [9.17, 15) is 13.9 Å². The minimum absolute atomic E-state index is 0. The van der Waals surface area contributed by atoms with Gasteiger partial charge in [0.2, 0.25) is 0 Å². The number of rotatable bonds is 8. The summed E-state index contributed by atoms with van der Waals surface area (Å²) in [5.74, 6) is -0.753. The zero-order chi connectivity index (χ0) is 21.0. The number of hydrogen-bond donors (Lipinski definition) is 4. The fourth-order valence-corrected chi connectivity index (χ4v) is 5.44. The third-order valence-corrected chi connectivity index (χ3v) is 7.36. The number of carboxylic acids is 1. The molecule has 0 amide bonds. The van der Waals surface area contributed by atoms with Crippen LogP contribution in [0.25, 0.3) is 0 Å². The maximum atomic E-state index is 11.0. The number of carbonyl (C=O) groups is 1. The number of carboxylic acid groups (broad SMARTS) is 1. The number of nitrogens with one attached hydrogen (secondary N) is 1. The van der Waals surface area contributed by atoms with Gasteiger partial charge in [-0.1, -0.05) is 59.5 Å². The predicted octanol–water partition coefficient (Wildman–Crippen LogP) is 2.53. The van der Waals surface area contributed by atoms with E-state index >= 15 is 0 Å². The van der Waals surface area contributed by atoms with Crippen molar-refractivity contribution in [3.63, 3.8) is 0 Å². The number of halogens is 1. The maximum Gasteiger partial charge on any atom is 1.00 e. The van der Waals surface area contributed by atoms with Gasteiger partial charge >= 0.3 is 35.5 Å². The summed E-state index contributed by atoms with van der Waals surface area (Å²) in [6.45, 7) is 0.733. The molecule has 9 heteroatoms. The standard InChI is InChI=1S/C21H27ClN2O4S.Na/c1-24-18-9-6-5-8-16(18)21(23-13-7-3-2-4-10-20(25)26)17-12-11-15(22)14-19(17)29(24,27)28;/h5-6,8-9,11-12,14,21,23,27-28H,2-4,7,10,13H2,1H3,(H,25,26);/q;+1. The van der Waals surface area contributed by atoms with Gasteiger partial charge in [0.15, 0.2) is 0 Å². The van der Waals surface area contributed by atoms with Gasteiger partial charge in [-0.15, -0.1) is 0 Å². The van der Waals surface area contributed by atoms with Gasteiger partial charge in [-0.25, -0.2) is 0 Å². The van der Waals surface area contributed by atoms with Crippen LogP contribution in [0.5, 0.6) is 0 Å². The van der Waals surface area contributed by atoms with Crippen molar-refractivity contribution >= 4 is 34.0 Å². The molecule has 0 spiro atoms. The molecule has 1 atom stereocenters. The van der Waals surface area contributed by atoms with E-state index in [-0.39, 0.29) is 42.0 Å². The van der Waals surface area contributed by atoms with Crippen molar-refractivity contribution in [2.45, 2.75) is 43.0 Å². The van der Waals surface area contributed by atoms with Gasteiger partial charge in [0.25, 0.3) is 0 Å².